The normalized spacial score (nSPS) is 10.5. The van der Waals surface area contributed by atoms with E-state index in [1.54, 1.807) is 42.7 Å². The van der Waals surface area contributed by atoms with Gasteiger partial charge in [0.1, 0.15) is 0 Å². The van der Waals surface area contributed by atoms with Gasteiger partial charge >= 0.3 is 0 Å². The van der Waals surface area contributed by atoms with E-state index < -0.39 is 0 Å². The lowest BCUT2D eigenvalue weighted by Gasteiger charge is -2.10. The molecular weight excluding hydrogens is 368 g/mol. The number of aromatic nitrogens is 3. The number of hydrogen-bond acceptors (Lipinski definition) is 3. The molecule has 1 amide bonds. The van der Waals surface area contributed by atoms with Gasteiger partial charge in [0.2, 0.25) is 0 Å². The Kier molecular flexibility index (Phi) is 4.22. The minimum atomic E-state index is -0.228. The van der Waals surface area contributed by atoms with Gasteiger partial charge in [-0.1, -0.05) is 33.6 Å². The third kappa shape index (κ3) is 3.18. The molecule has 7 heteroatoms. The molecule has 110 valence electrons. The number of hydrogen-bond donors (Lipinski definition) is 1. The van der Waals surface area contributed by atoms with Gasteiger partial charge < -0.3 is 5.32 Å². The highest BCUT2D eigenvalue weighted by Crippen LogP contribution is 2.20. The fourth-order valence-corrected chi connectivity index (χ4v) is 2.45. The number of carbonyl (C=O) groups is 1. The van der Waals surface area contributed by atoms with Gasteiger partial charge in [-0.2, -0.15) is 5.10 Å². The van der Waals surface area contributed by atoms with Crippen molar-refractivity contribution in [2.75, 3.05) is 5.32 Å². The van der Waals surface area contributed by atoms with Crippen molar-refractivity contribution >= 4 is 39.1 Å². The van der Waals surface area contributed by atoms with E-state index in [9.17, 15) is 4.79 Å². The van der Waals surface area contributed by atoms with Crippen molar-refractivity contribution in [2.45, 2.75) is 0 Å². The number of carbonyl (C=O) groups excluding carboxylic acids is 1. The summed E-state index contributed by atoms with van der Waals surface area (Å²) in [6.45, 7) is 0. The van der Waals surface area contributed by atoms with Gasteiger partial charge in [-0.3, -0.25) is 4.79 Å². The summed E-state index contributed by atoms with van der Waals surface area (Å²) in [5.74, 6) is 0.270. The number of halogens is 2. The van der Waals surface area contributed by atoms with Crippen LogP contribution >= 0.6 is 27.5 Å². The number of rotatable bonds is 3. The molecule has 22 heavy (non-hydrogen) atoms. The molecule has 0 bridgehead atoms. The number of nitrogens with one attached hydrogen (secondary N) is 1. The number of nitrogens with zero attached hydrogens (tertiary/aromatic N) is 3. The number of amides is 1. The summed E-state index contributed by atoms with van der Waals surface area (Å²) in [4.78, 5) is 16.6. The molecule has 0 unspecified atom stereocenters. The highest BCUT2D eigenvalue weighted by molar-refractivity contribution is 9.10. The van der Waals surface area contributed by atoms with E-state index in [0.29, 0.717) is 22.1 Å². The summed E-state index contributed by atoms with van der Waals surface area (Å²) in [6.07, 6.45) is 4.76. The predicted molar refractivity (Wildman–Crippen MR) is 88.5 cm³/mol. The second-order valence-corrected chi connectivity index (χ2v) is 5.79. The van der Waals surface area contributed by atoms with Crippen LogP contribution in [0.5, 0.6) is 0 Å². The molecule has 5 nitrogen and oxygen atoms in total. The van der Waals surface area contributed by atoms with E-state index >= 15 is 0 Å². The average Bonchev–Trinajstić information content (AvgIpc) is 2.94. The topological polar surface area (TPSA) is 59.8 Å². The number of anilines is 1. The van der Waals surface area contributed by atoms with Gasteiger partial charge in [-0.05, 0) is 30.3 Å². The molecular formula is C15H10BrClN4O. The Balaban J connectivity index is 1.91. The smallest absolute Gasteiger partial charge is 0.255 e. The molecule has 1 aromatic carbocycles. The summed E-state index contributed by atoms with van der Waals surface area (Å²) in [5, 5.41) is 7.44. The minimum Gasteiger partial charge on any atom is -0.319 e. The van der Waals surface area contributed by atoms with E-state index in [-0.39, 0.29) is 5.91 Å². The predicted octanol–water partition coefficient (Wildman–Crippen LogP) is 3.94. The third-order valence-corrected chi connectivity index (χ3v) is 3.58. The summed E-state index contributed by atoms with van der Waals surface area (Å²) >= 11 is 9.23. The van der Waals surface area contributed by atoms with Crippen LogP contribution in [0.1, 0.15) is 10.4 Å². The van der Waals surface area contributed by atoms with Crippen LogP contribution in [0, 0.1) is 0 Å². The molecule has 0 aliphatic heterocycles. The van der Waals surface area contributed by atoms with Crippen molar-refractivity contribution in [3.8, 4) is 5.82 Å². The maximum atomic E-state index is 12.3. The lowest BCUT2D eigenvalue weighted by atomic mass is 10.2. The zero-order valence-corrected chi connectivity index (χ0v) is 13.5. The molecule has 0 saturated carbocycles. The zero-order valence-electron chi connectivity index (χ0n) is 11.2. The molecule has 0 aliphatic rings. The lowest BCUT2D eigenvalue weighted by molar-refractivity contribution is 0.102. The Labute approximate surface area is 140 Å². The van der Waals surface area contributed by atoms with Crippen molar-refractivity contribution < 1.29 is 4.79 Å². The summed E-state index contributed by atoms with van der Waals surface area (Å²) in [6, 6.07) is 10.6. The molecule has 0 saturated heterocycles. The Morgan fingerprint density at radius 1 is 1.27 bits per heavy atom. The molecule has 1 N–H and O–H groups in total. The Morgan fingerprint density at radius 3 is 2.86 bits per heavy atom. The summed E-state index contributed by atoms with van der Waals surface area (Å²) in [7, 11) is 0. The third-order valence-electron chi connectivity index (χ3n) is 2.89. The Bertz CT molecular complexity index is 834. The SMILES string of the molecule is O=C(Nc1cccnc1-n1cc(Cl)cn1)c1cccc(Br)c1. The van der Waals surface area contributed by atoms with Gasteiger partial charge in [0.05, 0.1) is 23.1 Å². The van der Waals surface area contributed by atoms with Crippen molar-refractivity contribution in [2.24, 2.45) is 0 Å². The molecule has 0 aliphatic carbocycles. The van der Waals surface area contributed by atoms with Crippen LogP contribution in [0.15, 0.2) is 59.5 Å². The molecule has 3 aromatic rings. The van der Waals surface area contributed by atoms with E-state index in [1.807, 2.05) is 6.07 Å². The number of benzene rings is 1. The maximum absolute atomic E-state index is 12.3. The molecule has 0 fully saturated rings. The van der Waals surface area contributed by atoms with E-state index in [0.717, 1.165) is 4.47 Å². The summed E-state index contributed by atoms with van der Waals surface area (Å²) in [5.41, 5.74) is 1.09. The molecule has 0 atom stereocenters. The standard InChI is InChI=1S/C15H10BrClN4O/c16-11-4-1-3-10(7-11)15(22)20-13-5-2-6-18-14(13)21-9-12(17)8-19-21/h1-9H,(H,20,22). The van der Waals surface area contributed by atoms with E-state index in [2.05, 4.69) is 31.3 Å². The molecule has 0 spiro atoms. The first-order valence-electron chi connectivity index (χ1n) is 6.36. The molecule has 2 aromatic heterocycles. The fraction of sp³-hybridized carbons (Fsp3) is 0. The van der Waals surface area contributed by atoms with Gasteiger partial charge in [0.15, 0.2) is 5.82 Å². The van der Waals surface area contributed by atoms with Gasteiger partial charge in [0.25, 0.3) is 5.91 Å². The van der Waals surface area contributed by atoms with Crippen LogP contribution in [0.4, 0.5) is 5.69 Å². The Morgan fingerprint density at radius 2 is 2.14 bits per heavy atom. The highest BCUT2D eigenvalue weighted by atomic mass is 79.9. The quantitative estimate of drug-likeness (QED) is 0.752. The second-order valence-electron chi connectivity index (χ2n) is 4.44. The van der Waals surface area contributed by atoms with Crippen LogP contribution in [-0.2, 0) is 0 Å². The first-order valence-corrected chi connectivity index (χ1v) is 7.53. The van der Waals surface area contributed by atoms with Crippen molar-refractivity contribution in [1.82, 2.24) is 14.8 Å². The fourth-order valence-electron chi connectivity index (χ4n) is 1.92. The Hall–Kier alpha value is -2.18. The van der Waals surface area contributed by atoms with Crippen molar-refractivity contribution in [3.63, 3.8) is 0 Å². The highest BCUT2D eigenvalue weighted by Gasteiger charge is 2.12. The van der Waals surface area contributed by atoms with Gasteiger partial charge in [-0.15, -0.1) is 0 Å². The van der Waals surface area contributed by atoms with Crippen LogP contribution in [0.25, 0.3) is 5.82 Å². The van der Waals surface area contributed by atoms with Gasteiger partial charge in [0, 0.05) is 16.2 Å². The number of pyridine rings is 1. The molecule has 2 heterocycles. The van der Waals surface area contributed by atoms with E-state index in [1.165, 1.54) is 10.9 Å². The minimum absolute atomic E-state index is 0.228. The molecule has 0 radical (unpaired) electrons. The monoisotopic (exact) mass is 376 g/mol. The lowest BCUT2D eigenvalue weighted by Crippen LogP contribution is -2.14. The first kappa shape index (κ1) is 14.7. The van der Waals surface area contributed by atoms with Crippen molar-refractivity contribution in [3.05, 3.63) is 70.0 Å². The van der Waals surface area contributed by atoms with Crippen LogP contribution < -0.4 is 5.32 Å². The second kappa shape index (κ2) is 6.29. The summed E-state index contributed by atoms with van der Waals surface area (Å²) < 4.78 is 2.35. The zero-order chi connectivity index (χ0) is 15.5. The largest absolute Gasteiger partial charge is 0.319 e. The average molecular weight is 378 g/mol. The van der Waals surface area contributed by atoms with Gasteiger partial charge in [-0.25, -0.2) is 9.67 Å². The first-order chi connectivity index (χ1) is 10.6. The van der Waals surface area contributed by atoms with Crippen LogP contribution in [-0.4, -0.2) is 20.7 Å². The van der Waals surface area contributed by atoms with Crippen LogP contribution in [0.3, 0.4) is 0 Å². The molecule has 3 rings (SSSR count). The van der Waals surface area contributed by atoms with E-state index in [4.69, 9.17) is 11.6 Å². The van der Waals surface area contributed by atoms with Crippen molar-refractivity contribution in [1.29, 1.82) is 0 Å². The maximum Gasteiger partial charge on any atom is 0.255 e. The van der Waals surface area contributed by atoms with Crippen LogP contribution in [0.2, 0.25) is 5.02 Å².